The highest BCUT2D eigenvalue weighted by Crippen LogP contribution is 2.39. The summed E-state index contributed by atoms with van der Waals surface area (Å²) >= 11 is 7.23. The van der Waals surface area contributed by atoms with Gasteiger partial charge in [0.2, 0.25) is 0 Å². The van der Waals surface area contributed by atoms with Gasteiger partial charge in [0.1, 0.15) is 10.4 Å². The highest BCUT2D eigenvalue weighted by atomic mass is 35.5. The minimum Gasteiger partial charge on any atom is -0.374 e. The van der Waals surface area contributed by atoms with Crippen LogP contribution in [0.25, 0.3) is 10.9 Å². The van der Waals surface area contributed by atoms with Crippen LogP contribution in [0.15, 0.2) is 65.8 Å². The van der Waals surface area contributed by atoms with Crippen LogP contribution in [0.1, 0.15) is 50.1 Å². The maximum absolute atomic E-state index is 13.6. The topological polar surface area (TPSA) is 103 Å². The predicted molar refractivity (Wildman–Crippen MR) is 152 cm³/mol. The number of amides is 1. The summed E-state index contributed by atoms with van der Waals surface area (Å²) in [7, 11) is -3.42. The summed E-state index contributed by atoms with van der Waals surface area (Å²) in [5.74, 6) is -0.00541. The molecule has 0 aliphatic heterocycles. The predicted octanol–water partition coefficient (Wildman–Crippen LogP) is 6.04. The van der Waals surface area contributed by atoms with Crippen molar-refractivity contribution in [3.8, 4) is 0 Å². The Labute approximate surface area is 236 Å². The van der Waals surface area contributed by atoms with E-state index in [9.17, 15) is 13.2 Å². The number of rotatable bonds is 10. The quantitative estimate of drug-likeness (QED) is 0.244. The molecule has 39 heavy (non-hydrogen) atoms. The van der Waals surface area contributed by atoms with Crippen molar-refractivity contribution >= 4 is 54.7 Å². The molecule has 1 N–H and O–H groups in total. The number of carbonyl (C=O) groups is 1. The number of nitrogens with zero attached hydrogens (tertiary/aromatic N) is 3. The molecule has 2 aliphatic rings. The molecule has 0 spiro atoms. The van der Waals surface area contributed by atoms with Crippen LogP contribution in [0.5, 0.6) is 0 Å². The molecule has 2 fully saturated rings. The number of carbonyl (C=O) groups excluding carboxylic acids is 1. The lowest BCUT2D eigenvalue weighted by molar-refractivity contribution is -0.120. The fraction of sp³-hybridized carbons (Fsp3) is 0.393. The molecular formula is C28H29ClN4O4S2. The van der Waals surface area contributed by atoms with Crippen molar-refractivity contribution in [2.24, 2.45) is 5.92 Å². The second-order valence-electron chi connectivity index (χ2n) is 10.3. The highest BCUT2D eigenvalue weighted by Gasteiger charge is 2.39. The first kappa shape index (κ1) is 26.4. The first-order chi connectivity index (χ1) is 18.9. The van der Waals surface area contributed by atoms with E-state index in [0.29, 0.717) is 46.2 Å². The van der Waals surface area contributed by atoms with E-state index in [0.717, 1.165) is 24.8 Å². The molecule has 2 aromatic carbocycles. The number of anilines is 1. The molecule has 2 unspecified atom stereocenters. The van der Waals surface area contributed by atoms with Gasteiger partial charge in [0, 0.05) is 5.39 Å². The Morgan fingerprint density at radius 3 is 2.67 bits per heavy atom. The Bertz CT molecular complexity index is 1580. The number of ether oxygens (including phenoxy) is 1. The Morgan fingerprint density at radius 1 is 1.10 bits per heavy atom. The van der Waals surface area contributed by atoms with E-state index in [2.05, 4.69) is 27.5 Å². The van der Waals surface area contributed by atoms with Crippen molar-refractivity contribution in [3.05, 3.63) is 70.8 Å². The molecule has 0 bridgehead atoms. The van der Waals surface area contributed by atoms with Crippen LogP contribution < -0.4 is 5.32 Å². The zero-order chi connectivity index (χ0) is 27.0. The number of benzene rings is 2. The summed E-state index contributed by atoms with van der Waals surface area (Å²) in [5, 5.41) is 8.11. The third-order valence-electron chi connectivity index (χ3n) is 7.55. The average Bonchev–Trinajstić information content (AvgIpc) is 3.37. The molecule has 2 heterocycles. The lowest BCUT2D eigenvalue weighted by atomic mass is 9.97. The van der Waals surface area contributed by atoms with Gasteiger partial charge in [0.15, 0.2) is 15.0 Å². The SMILES string of the molecule is O=C(Nc1ncc(Cl)s1)C(C[C@H]1CCC(OCc2ccccc2)C1)n1ncc2c(S(=O)(=O)C3CC3)cccc21. The van der Waals surface area contributed by atoms with Crippen molar-refractivity contribution in [1.29, 1.82) is 0 Å². The number of hydrogen-bond donors (Lipinski definition) is 1. The summed E-state index contributed by atoms with van der Waals surface area (Å²) in [5.41, 5.74) is 1.77. The van der Waals surface area contributed by atoms with Crippen LogP contribution in [0.3, 0.4) is 0 Å². The zero-order valence-corrected chi connectivity index (χ0v) is 23.6. The second-order valence-corrected chi connectivity index (χ2v) is 14.2. The largest absolute Gasteiger partial charge is 0.374 e. The minimum atomic E-state index is -3.42. The number of thiazole rings is 1. The molecule has 2 aliphatic carbocycles. The molecule has 0 radical (unpaired) electrons. The van der Waals surface area contributed by atoms with Gasteiger partial charge in [-0.05, 0) is 62.1 Å². The van der Waals surface area contributed by atoms with Crippen LogP contribution >= 0.6 is 22.9 Å². The van der Waals surface area contributed by atoms with Crippen molar-refractivity contribution < 1.29 is 17.9 Å². The van der Waals surface area contributed by atoms with Crippen LogP contribution in [0.2, 0.25) is 4.34 Å². The van der Waals surface area contributed by atoms with Gasteiger partial charge < -0.3 is 10.1 Å². The molecular weight excluding hydrogens is 556 g/mol. The van der Waals surface area contributed by atoms with Gasteiger partial charge in [0.25, 0.3) is 5.91 Å². The van der Waals surface area contributed by atoms with Crippen molar-refractivity contribution in [1.82, 2.24) is 14.8 Å². The van der Waals surface area contributed by atoms with E-state index in [1.54, 1.807) is 23.0 Å². The summed E-state index contributed by atoms with van der Waals surface area (Å²) in [6.07, 6.45) is 7.83. The Hall–Kier alpha value is -2.79. The molecule has 8 nitrogen and oxygen atoms in total. The van der Waals surface area contributed by atoms with Crippen LogP contribution in [0, 0.1) is 5.92 Å². The molecule has 2 aromatic heterocycles. The first-order valence-corrected chi connectivity index (χ1v) is 15.9. The maximum Gasteiger partial charge on any atom is 0.251 e. The molecule has 3 atom stereocenters. The number of sulfone groups is 1. The Kier molecular flexibility index (Phi) is 7.45. The zero-order valence-electron chi connectivity index (χ0n) is 21.2. The van der Waals surface area contributed by atoms with Gasteiger partial charge in [-0.3, -0.25) is 9.48 Å². The van der Waals surface area contributed by atoms with E-state index in [1.165, 1.54) is 17.5 Å². The third kappa shape index (κ3) is 5.75. The molecule has 0 saturated heterocycles. The van der Waals surface area contributed by atoms with Crippen LogP contribution in [-0.2, 0) is 26.0 Å². The molecule has 11 heteroatoms. The molecule has 2 saturated carbocycles. The lowest BCUT2D eigenvalue weighted by Crippen LogP contribution is -2.28. The summed E-state index contributed by atoms with van der Waals surface area (Å²) < 4.78 is 34.5. The number of aromatic nitrogens is 3. The Balaban J connectivity index is 1.25. The summed E-state index contributed by atoms with van der Waals surface area (Å²) in [4.78, 5) is 18.1. The number of nitrogens with one attached hydrogen (secondary N) is 1. The van der Waals surface area contributed by atoms with Gasteiger partial charge in [-0.25, -0.2) is 13.4 Å². The van der Waals surface area contributed by atoms with Crippen LogP contribution in [0.4, 0.5) is 5.13 Å². The first-order valence-electron chi connectivity index (χ1n) is 13.2. The van der Waals surface area contributed by atoms with E-state index >= 15 is 0 Å². The van der Waals surface area contributed by atoms with Gasteiger partial charge in [-0.1, -0.05) is 59.3 Å². The average molecular weight is 585 g/mol. The van der Waals surface area contributed by atoms with E-state index < -0.39 is 15.9 Å². The third-order valence-corrected chi connectivity index (χ3v) is 10.9. The van der Waals surface area contributed by atoms with Gasteiger partial charge in [-0.15, -0.1) is 0 Å². The van der Waals surface area contributed by atoms with Crippen molar-refractivity contribution in [3.63, 3.8) is 0 Å². The standard InChI is InChI=1S/C28H29ClN4O4S2/c29-26-16-30-28(38-26)32-27(34)24(14-19-9-10-20(13-19)37-17-18-5-2-1-3-6-18)33-23-7-4-8-25(22(23)15-31-33)39(35,36)21-11-12-21/h1-8,15-16,19-21,24H,9-14,17H2,(H,30,32,34)/t19-,20?,24?/m0/s1. The molecule has 6 rings (SSSR count). The van der Waals surface area contributed by atoms with Crippen molar-refractivity contribution in [2.45, 2.75) is 67.4 Å². The van der Waals surface area contributed by atoms with Crippen molar-refractivity contribution in [2.75, 3.05) is 5.32 Å². The van der Waals surface area contributed by atoms with E-state index in [4.69, 9.17) is 16.3 Å². The normalized spacial score (nSPS) is 20.3. The van der Waals surface area contributed by atoms with Crippen LogP contribution in [-0.4, -0.2) is 40.4 Å². The monoisotopic (exact) mass is 584 g/mol. The van der Waals surface area contributed by atoms with Gasteiger partial charge >= 0.3 is 0 Å². The summed E-state index contributed by atoms with van der Waals surface area (Å²) in [6.45, 7) is 0.564. The Morgan fingerprint density at radius 2 is 1.92 bits per heavy atom. The van der Waals surface area contributed by atoms with E-state index in [1.807, 2.05) is 24.3 Å². The molecule has 4 aromatic rings. The number of halogens is 1. The fourth-order valence-electron chi connectivity index (χ4n) is 5.42. The van der Waals surface area contributed by atoms with E-state index in [-0.39, 0.29) is 28.1 Å². The smallest absolute Gasteiger partial charge is 0.251 e. The minimum absolute atomic E-state index is 0.126. The number of hydrogen-bond acceptors (Lipinski definition) is 7. The molecule has 204 valence electrons. The second kappa shape index (κ2) is 11.0. The number of fused-ring (bicyclic) bond motifs is 1. The van der Waals surface area contributed by atoms with Gasteiger partial charge in [0.05, 0.1) is 40.8 Å². The lowest BCUT2D eigenvalue weighted by Gasteiger charge is -2.21. The van der Waals surface area contributed by atoms with Gasteiger partial charge in [-0.2, -0.15) is 5.10 Å². The maximum atomic E-state index is 13.6. The molecule has 1 amide bonds. The fourth-order valence-corrected chi connectivity index (χ4v) is 8.08. The highest BCUT2D eigenvalue weighted by molar-refractivity contribution is 7.92. The summed E-state index contributed by atoms with van der Waals surface area (Å²) in [6, 6.07) is 14.7.